The first kappa shape index (κ1) is 16.0. The van der Waals surface area contributed by atoms with Gasteiger partial charge >= 0.3 is 0 Å². The van der Waals surface area contributed by atoms with Crippen molar-refractivity contribution in [1.29, 1.82) is 0 Å². The summed E-state index contributed by atoms with van der Waals surface area (Å²) in [4.78, 5) is 26.2. The monoisotopic (exact) mass is 347 g/mol. The number of halogens is 1. The second kappa shape index (κ2) is 6.40. The van der Waals surface area contributed by atoms with E-state index in [4.69, 9.17) is 0 Å². The van der Waals surface area contributed by atoms with Crippen LogP contribution in [0.4, 0.5) is 10.1 Å². The molecular formula is C20H14FN3O2. The van der Waals surface area contributed by atoms with Gasteiger partial charge in [0.25, 0.3) is 11.8 Å². The van der Waals surface area contributed by atoms with Gasteiger partial charge in [0.2, 0.25) is 0 Å². The van der Waals surface area contributed by atoms with Gasteiger partial charge in [0.1, 0.15) is 12.4 Å². The second-order valence-electron chi connectivity index (χ2n) is 5.92. The van der Waals surface area contributed by atoms with E-state index in [1.807, 2.05) is 30.3 Å². The Morgan fingerprint density at radius 3 is 2.69 bits per heavy atom. The minimum absolute atomic E-state index is 0.146. The van der Waals surface area contributed by atoms with Crippen LogP contribution in [-0.4, -0.2) is 24.6 Å². The minimum atomic E-state index is -0.434. The Morgan fingerprint density at radius 1 is 1.12 bits per heavy atom. The van der Waals surface area contributed by atoms with Gasteiger partial charge in [0.15, 0.2) is 0 Å². The van der Waals surface area contributed by atoms with Gasteiger partial charge in [-0.1, -0.05) is 36.4 Å². The van der Waals surface area contributed by atoms with Crippen LogP contribution >= 0.6 is 0 Å². The van der Waals surface area contributed by atoms with E-state index < -0.39 is 5.91 Å². The lowest BCUT2D eigenvalue weighted by Crippen LogP contribution is -2.37. The SMILES string of the molecule is O=C(CN1C(=O)c2cccc3cccc1c23)N/N=C\c1cccc(F)c1. The van der Waals surface area contributed by atoms with Gasteiger partial charge in [-0.25, -0.2) is 9.82 Å². The van der Waals surface area contributed by atoms with Crippen molar-refractivity contribution in [3.63, 3.8) is 0 Å². The van der Waals surface area contributed by atoms with Gasteiger partial charge in [0, 0.05) is 10.9 Å². The fraction of sp³-hybridized carbons (Fsp3) is 0.0500. The maximum Gasteiger partial charge on any atom is 0.260 e. The van der Waals surface area contributed by atoms with Gasteiger partial charge in [-0.3, -0.25) is 14.5 Å². The lowest BCUT2D eigenvalue weighted by molar-refractivity contribution is -0.119. The Hall–Kier alpha value is -3.54. The molecule has 26 heavy (non-hydrogen) atoms. The molecule has 1 N–H and O–H groups in total. The third-order valence-electron chi connectivity index (χ3n) is 4.20. The average molecular weight is 347 g/mol. The quantitative estimate of drug-likeness (QED) is 0.582. The Balaban J connectivity index is 1.49. The van der Waals surface area contributed by atoms with Crippen molar-refractivity contribution in [2.24, 2.45) is 5.10 Å². The molecule has 2 amide bonds. The van der Waals surface area contributed by atoms with Crippen molar-refractivity contribution >= 4 is 34.5 Å². The van der Waals surface area contributed by atoms with E-state index in [-0.39, 0.29) is 18.3 Å². The minimum Gasteiger partial charge on any atom is -0.298 e. The van der Waals surface area contributed by atoms with Crippen molar-refractivity contribution < 1.29 is 14.0 Å². The molecule has 0 radical (unpaired) electrons. The predicted octanol–water partition coefficient (Wildman–Crippen LogP) is 3.09. The van der Waals surface area contributed by atoms with E-state index in [0.717, 1.165) is 10.8 Å². The number of nitrogens with zero attached hydrogens (tertiary/aromatic N) is 2. The van der Waals surface area contributed by atoms with Crippen LogP contribution in [0.3, 0.4) is 0 Å². The predicted molar refractivity (Wildman–Crippen MR) is 97.8 cm³/mol. The number of hydrazone groups is 1. The molecule has 1 aliphatic rings. The topological polar surface area (TPSA) is 61.8 Å². The number of benzene rings is 3. The zero-order valence-corrected chi connectivity index (χ0v) is 13.6. The number of anilines is 1. The molecule has 0 unspecified atom stereocenters. The lowest BCUT2D eigenvalue weighted by Gasteiger charge is -2.16. The Morgan fingerprint density at radius 2 is 1.88 bits per heavy atom. The van der Waals surface area contributed by atoms with E-state index in [2.05, 4.69) is 10.5 Å². The van der Waals surface area contributed by atoms with Crippen LogP contribution < -0.4 is 10.3 Å². The highest BCUT2D eigenvalue weighted by atomic mass is 19.1. The lowest BCUT2D eigenvalue weighted by atomic mass is 10.1. The van der Waals surface area contributed by atoms with E-state index in [1.165, 1.54) is 23.2 Å². The van der Waals surface area contributed by atoms with Gasteiger partial charge in [-0.2, -0.15) is 5.10 Å². The molecule has 1 aliphatic heterocycles. The van der Waals surface area contributed by atoms with Crippen LogP contribution in [0.1, 0.15) is 15.9 Å². The van der Waals surface area contributed by atoms with Crippen LogP contribution in [-0.2, 0) is 4.79 Å². The van der Waals surface area contributed by atoms with Gasteiger partial charge < -0.3 is 0 Å². The zero-order chi connectivity index (χ0) is 18.1. The fourth-order valence-electron chi connectivity index (χ4n) is 3.08. The third-order valence-corrected chi connectivity index (χ3v) is 4.20. The summed E-state index contributed by atoms with van der Waals surface area (Å²) >= 11 is 0. The number of hydrogen-bond acceptors (Lipinski definition) is 3. The molecule has 3 aromatic carbocycles. The molecule has 3 aromatic rings. The van der Waals surface area contributed by atoms with Crippen LogP contribution in [0, 0.1) is 5.82 Å². The molecule has 1 heterocycles. The molecule has 0 atom stereocenters. The van der Waals surface area contributed by atoms with Crippen LogP contribution in [0.2, 0.25) is 0 Å². The second-order valence-corrected chi connectivity index (χ2v) is 5.92. The van der Waals surface area contributed by atoms with Gasteiger partial charge in [-0.05, 0) is 35.2 Å². The van der Waals surface area contributed by atoms with E-state index in [9.17, 15) is 14.0 Å². The first-order chi connectivity index (χ1) is 12.6. The van der Waals surface area contributed by atoms with Gasteiger partial charge in [-0.15, -0.1) is 0 Å². The summed E-state index contributed by atoms with van der Waals surface area (Å²) in [6.07, 6.45) is 1.35. The largest absolute Gasteiger partial charge is 0.298 e. The highest BCUT2D eigenvalue weighted by Crippen LogP contribution is 2.36. The summed E-state index contributed by atoms with van der Waals surface area (Å²) < 4.78 is 13.1. The summed E-state index contributed by atoms with van der Waals surface area (Å²) in [5.74, 6) is -1.02. The molecule has 6 heteroatoms. The van der Waals surface area contributed by atoms with Crippen molar-refractivity contribution in [3.8, 4) is 0 Å². The van der Waals surface area contributed by atoms with Crippen LogP contribution in [0.25, 0.3) is 10.8 Å². The highest BCUT2D eigenvalue weighted by Gasteiger charge is 2.30. The van der Waals surface area contributed by atoms with Crippen molar-refractivity contribution in [2.75, 3.05) is 11.4 Å². The molecule has 128 valence electrons. The van der Waals surface area contributed by atoms with E-state index in [1.54, 1.807) is 18.2 Å². The summed E-state index contributed by atoms with van der Waals surface area (Å²) in [5.41, 5.74) is 4.21. The van der Waals surface area contributed by atoms with Gasteiger partial charge in [0.05, 0.1) is 11.9 Å². The molecule has 0 saturated heterocycles. The first-order valence-corrected chi connectivity index (χ1v) is 8.04. The van der Waals surface area contributed by atoms with Crippen LogP contribution in [0.5, 0.6) is 0 Å². The number of carbonyl (C=O) groups is 2. The molecule has 0 fully saturated rings. The number of hydrogen-bond donors (Lipinski definition) is 1. The molecule has 0 spiro atoms. The number of carbonyl (C=O) groups excluding carboxylic acids is 2. The maximum absolute atomic E-state index is 13.1. The third kappa shape index (κ3) is 2.82. The summed E-state index contributed by atoms with van der Waals surface area (Å²) in [7, 11) is 0. The highest BCUT2D eigenvalue weighted by molar-refractivity contribution is 6.26. The smallest absolute Gasteiger partial charge is 0.260 e. The standard InChI is InChI=1S/C20H14FN3O2/c21-15-7-1-4-13(10-15)11-22-23-18(25)12-24-17-9-3-6-14-5-2-8-16(19(14)17)20(24)26/h1-11H,12H2,(H,23,25)/b22-11-. The van der Waals surface area contributed by atoms with Crippen molar-refractivity contribution in [2.45, 2.75) is 0 Å². The Bertz CT molecular complexity index is 1060. The first-order valence-electron chi connectivity index (χ1n) is 8.04. The average Bonchev–Trinajstić information content (AvgIpc) is 2.90. The van der Waals surface area contributed by atoms with Crippen LogP contribution in [0.15, 0.2) is 65.8 Å². The molecule has 0 saturated carbocycles. The summed E-state index contributed by atoms with van der Waals surface area (Å²) in [5, 5.41) is 5.63. The molecule has 5 nitrogen and oxygen atoms in total. The Labute approximate surface area is 148 Å². The number of rotatable bonds is 4. The van der Waals surface area contributed by atoms with Crippen molar-refractivity contribution in [1.82, 2.24) is 5.43 Å². The zero-order valence-electron chi connectivity index (χ0n) is 13.6. The van der Waals surface area contributed by atoms with E-state index >= 15 is 0 Å². The molecule has 0 bridgehead atoms. The number of nitrogens with one attached hydrogen (secondary N) is 1. The fourth-order valence-corrected chi connectivity index (χ4v) is 3.08. The summed E-state index contributed by atoms with van der Waals surface area (Å²) in [6.45, 7) is -0.146. The summed E-state index contributed by atoms with van der Waals surface area (Å²) in [6, 6.07) is 17.0. The van der Waals surface area contributed by atoms with Crippen molar-refractivity contribution in [3.05, 3.63) is 77.6 Å². The molecular weight excluding hydrogens is 333 g/mol. The molecule has 0 aromatic heterocycles. The number of amides is 2. The Kier molecular flexibility index (Phi) is 3.93. The molecule has 0 aliphatic carbocycles. The molecule has 4 rings (SSSR count). The van der Waals surface area contributed by atoms with E-state index in [0.29, 0.717) is 16.8 Å². The maximum atomic E-state index is 13.1. The normalized spacial score (nSPS) is 13.0.